The summed E-state index contributed by atoms with van der Waals surface area (Å²) >= 11 is 0. The van der Waals surface area contributed by atoms with E-state index in [-0.39, 0.29) is 34.3 Å². The van der Waals surface area contributed by atoms with Crippen LogP contribution >= 0.6 is 0 Å². The molecule has 3 rings (SSSR count). The molecule has 1 fully saturated rings. The molecule has 1 saturated heterocycles. The van der Waals surface area contributed by atoms with Gasteiger partial charge in [0.15, 0.2) is 8.32 Å². The summed E-state index contributed by atoms with van der Waals surface area (Å²) in [6, 6.07) is 21.5. The number of ether oxygens (including phenoxy) is 1. The Hall–Kier alpha value is -1.58. The highest BCUT2D eigenvalue weighted by atomic mass is 28.4. The summed E-state index contributed by atoms with van der Waals surface area (Å²) < 4.78 is 20.7. The van der Waals surface area contributed by atoms with Gasteiger partial charge < -0.3 is 18.4 Å². The zero-order valence-corrected chi connectivity index (χ0v) is 26.4. The Morgan fingerprint density at radius 1 is 0.919 bits per heavy atom. The third-order valence-electron chi connectivity index (χ3n) is 8.27. The molecule has 2 aromatic carbocycles. The summed E-state index contributed by atoms with van der Waals surface area (Å²) in [5.41, 5.74) is 0. The average molecular weight is 541 g/mol. The SMILES string of the molecule is C[C@H](C=O)C[C@@H]1O[C@@H](CO[Si](c2ccccc2)(c2ccccc2)C(C)(C)C)C[C@@H]1O[Si](C)(C)C(C)(C)C. The molecule has 6 heteroatoms. The van der Waals surface area contributed by atoms with E-state index in [0.717, 1.165) is 12.7 Å². The van der Waals surface area contributed by atoms with E-state index in [1.807, 2.05) is 6.92 Å². The van der Waals surface area contributed by atoms with Crippen molar-refractivity contribution in [1.29, 1.82) is 0 Å². The van der Waals surface area contributed by atoms with Gasteiger partial charge in [0.25, 0.3) is 8.32 Å². The molecule has 4 nitrogen and oxygen atoms in total. The third kappa shape index (κ3) is 6.71. The molecular weight excluding hydrogens is 493 g/mol. The van der Waals surface area contributed by atoms with E-state index in [1.165, 1.54) is 10.4 Å². The molecule has 0 aliphatic carbocycles. The van der Waals surface area contributed by atoms with E-state index in [1.54, 1.807) is 0 Å². The van der Waals surface area contributed by atoms with Crippen LogP contribution in [0.15, 0.2) is 60.7 Å². The van der Waals surface area contributed by atoms with Gasteiger partial charge in [-0.1, -0.05) is 109 Å². The average Bonchev–Trinajstić information content (AvgIpc) is 3.19. The zero-order valence-electron chi connectivity index (χ0n) is 24.4. The first-order valence-electron chi connectivity index (χ1n) is 13.7. The summed E-state index contributed by atoms with van der Waals surface area (Å²) in [6.45, 7) is 20.7. The minimum Gasteiger partial charge on any atom is -0.411 e. The predicted molar refractivity (Wildman–Crippen MR) is 159 cm³/mol. The predicted octanol–water partition coefficient (Wildman–Crippen LogP) is 6.34. The fraction of sp³-hybridized carbons (Fsp3) is 0.581. The maximum Gasteiger partial charge on any atom is 0.261 e. The molecule has 0 bridgehead atoms. The van der Waals surface area contributed by atoms with Gasteiger partial charge in [-0.3, -0.25) is 0 Å². The van der Waals surface area contributed by atoms with E-state index in [9.17, 15) is 4.79 Å². The molecule has 37 heavy (non-hydrogen) atoms. The number of benzene rings is 2. The second-order valence-electron chi connectivity index (χ2n) is 13.3. The van der Waals surface area contributed by atoms with Crippen LogP contribution < -0.4 is 10.4 Å². The Morgan fingerprint density at radius 3 is 1.86 bits per heavy atom. The smallest absolute Gasteiger partial charge is 0.261 e. The lowest BCUT2D eigenvalue weighted by atomic mass is 10.0. The van der Waals surface area contributed by atoms with Gasteiger partial charge in [0.1, 0.15) is 6.29 Å². The van der Waals surface area contributed by atoms with Crippen molar-refractivity contribution in [2.24, 2.45) is 5.92 Å². The van der Waals surface area contributed by atoms with E-state index < -0.39 is 16.6 Å². The molecule has 2 aromatic rings. The molecule has 1 heterocycles. The van der Waals surface area contributed by atoms with Crippen molar-refractivity contribution in [3.63, 3.8) is 0 Å². The van der Waals surface area contributed by atoms with Crippen molar-refractivity contribution >= 4 is 33.3 Å². The van der Waals surface area contributed by atoms with E-state index in [0.29, 0.717) is 13.0 Å². The highest BCUT2D eigenvalue weighted by molar-refractivity contribution is 6.99. The lowest BCUT2D eigenvalue weighted by Gasteiger charge is -2.43. The number of rotatable bonds is 10. The van der Waals surface area contributed by atoms with Crippen LogP contribution in [0.1, 0.15) is 61.3 Å². The highest BCUT2D eigenvalue weighted by Crippen LogP contribution is 2.41. The minimum atomic E-state index is -2.64. The fourth-order valence-electron chi connectivity index (χ4n) is 5.20. The first kappa shape index (κ1) is 30.0. The van der Waals surface area contributed by atoms with Crippen molar-refractivity contribution in [1.82, 2.24) is 0 Å². The van der Waals surface area contributed by atoms with Gasteiger partial charge in [-0.15, -0.1) is 0 Å². The van der Waals surface area contributed by atoms with Crippen molar-refractivity contribution in [3.8, 4) is 0 Å². The maximum absolute atomic E-state index is 11.5. The Kier molecular flexibility index (Phi) is 9.45. The molecule has 0 N–H and O–H groups in total. The van der Waals surface area contributed by atoms with Gasteiger partial charge in [-0.2, -0.15) is 0 Å². The number of hydrogen-bond donors (Lipinski definition) is 0. The summed E-state index contributed by atoms with van der Waals surface area (Å²) in [7, 11) is -4.64. The van der Waals surface area contributed by atoms with Crippen molar-refractivity contribution < 1.29 is 18.4 Å². The van der Waals surface area contributed by atoms with Crippen molar-refractivity contribution in [3.05, 3.63) is 60.7 Å². The van der Waals surface area contributed by atoms with Crippen LogP contribution in [0.2, 0.25) is 23.2 Å². The Morgan fingerprint density at radius 2 is 1.43 bits per heavy atom. The van der Waals surface area contributed by atoms with E-state index in [4.69, 9.17) is 13.6 Å². The summed E-state index contributed by atoms with van der Waals surface area (Å²) in [5.74, 6) is -0.0631. The molecular formula is C31H48O4Si2. The first-order chi connectivity index (χ1) is 17.2. The molecule has 204 valence electrons. The monoisotopic (exact) mass is 540 g/mol. The van der Waals surface area contributed by atoms with E-state index >= 15 is 0 Å². The summed E-state index contributed by atoms with van der Waals surface area (Å²) in [4.78, 5) is 11.5. The standard InChI is InChI=1S/C31H48O4Si2/c1-24(22-32)20-28-29(35-36(8,9)30(2,3)4)21-25(34-28)23-33-37(31(5,6)7,26-16-12-10-13-17-26)27-18-14-11-15-19-27/h10-19,22,24-25,28-29H,20-21,23H2,1-9H3/t24-,25+,28-,29-/m0/s1. The Balaban J connectivity index is 1.91. The maximum atomic E-state index is 11.5. The van der Waals surface area contributed by atoms with Gasteiger partial charge in [-0.05, 0) is 40.0 Å². The largest absolute Gasteiger partial charge is 0.411 e. The third-order valence-corrected chi connectivity index (χ3v) is 17.8. The molecule has 0 amide bonds. The topological polar surface area (TPSA) is 44.8 Å². The van der Waals surface area contributed by atoms with Gasteiger partial charge in [0, 0.05) is 12.3 Å². The van der Waals surface area contributed by atoms with Crippen LogP contribution in [0.4, 0.5) is 0 Å². The lowest BCUT2D eigenvalue weighted by molar-refractivity contribution is -0.112. The van der Waals surface area contributed by atoms with Crippen LogP contribution in [-0.2, 0) is 18.4 Å². The van der Waals surface area contributed by atoms with Crippen LogP contribution in [-0.4, -0.2) is 47.8 Å². The van der Waals surface area contributed by atoms with Crippen LogP contribution in [0, 0.1) is 5.92 Å². The summed E-state index contributed by atoms with van der Waals surface area (Å²) in [6.07, 6.45) is 2.32. The molecule has 1 aliphatic heterocycles. The second kappa shape index (κ2) is 11.7. The molecule has 0 saturated carbocycles. The first-order valence-corrected chi connectivity index (χ1v) is 18.6. The summed E-state index contributed by atoms with van der Waals surface area (Å²) in [5, 5.41) is 2.56. The minimum absolute atomic E-state index is 0.0176. The number of carbonyl (C=O) groups is 1. The number of hydrogen-bond acceptors (Lipinski definition) is 4. The molecule has 4 atom stereocenters. The Labute approximate surface area is 227 Å². The van der Waals surface area contributed by atoms with Crippen molar-refractivity contribution in [2.75, 3.05) is 6.61 Å². The molecule has 0 unspecified atom stereocenters. The lowest BCUT2D eigenvalue weighted by Crippen LogP contribution is -2.67. The number of carbonyl (C=O) groups excluding carboxylic acids is 1. The molecule has 0 radical (unpaired) electrons. The Bertz CT molecular complexity index is 956. The quantitative estimate of drug-likeness (QED) is 0.261. The second-order valence-corrected chi connectivity index (χ2v) is 22.3. The van der Waals surface area contributed by atoms with Gasteiger partial charge in [0.05, 0.1) is 24.9 Å². The fourth-order valence-corrected chi connectivity index (χ4v) is 11.1. The van der Waals surface area contributed by atoms with E-state index in [2.05, 4.69) is 115 Å². The van der Waals surface area contributed by atoms with Gasteiger partial charge >= 0.3 is 0 Å². The molecule has 0 spiro atoms. The number of aldehydes is 1. The van der Waals surface area contributed by atoms with Crippen molar-refractivity contribution in [2.45, 2.75) is 103 Å². The van der Waals surface area contributed by atoms with Crippen LogP contribution in [0.25, 0.3) is 0 Å². The van der Waals surface area contributed by atoms with Crippen LogP contribution in [0.3, 0.4) is 0 Å². The van der Waals surface area contributed by atoms with Crippen LogP contribution in [0.5, 0.6) is 0 Å². The zero-order chi connectivity index (χ0) is 27.5. The van der Waals surface area contributed by atoms with Gasteiger partial charge in [0.2, 0.25) is 0 Å². The molecule has 0 aromatic heterocycles. The molecule has 1 aliphatic rings. The van der Waals surface area contributed by atoms with Gasteiger partial charge in [-0.25, -0.2) is 0 Å². The highest BCUT2D eigenvalue weighted by Gasteiger charge is 2.51. The normalized spacial score (nSPS) is 22.1.